The van der Waals surface area contributed by atoms with Crippen LogP contribution in [0.1, 0.15) is 10.4 Å². The molecule has 1 aliphatic heterocycles. The van der Waals surface area contributed by atoms with Crippen molar-refractivity contribution in [2.24, 2.45) is 0 Å². The summed E-state index contributed by atoms with van der Waals surface area (Å²) in [5.41, 5.74) is 6.73. The molecule has 1 heterocycles. The molecule has 1 amide bonds. The van der Waals surface area contributed by atoms with Crippen LogP contribution in [0, 0.1) is 5.82 Å². The molecule has 0 spiro atoms. The first kappa shape index (κ1) is 13.7. The molecule has 2 aromatic rings. The minimum absolute atomic E-state index is 0.113. The highest BCUT2D eigenvalue weighted by molar-refractivity contribution is 9.10. The number of nitrogen functional groups attached to an aromatic ring is 1. The zero-order valence-electron chi connectivity index (χ0n) is 10.7. The molecule has 21 heavy (non-hydrogen) atoms. The molecule has 0 aromatic heterocycles. The SMILES string of the molecule is Nc1cc2c(cc1NC(=O)c1cc(F)ccc1Br)OCO2. The summed E-state index contributed by atoms with van der Waals surface area (Å²) in [4.78, 5) is 12.2. The summed E-state index contributed by atoms with van der Waals surface area (Å²) in [5.74, 6) is 0.0455. The molecule has 0 aliphatic carbocycles. The average molecular weight is 353 g/mol. The average Bonchev–Trinajstić information content (AvgIpc) is 2.88. The van der Waals surface area contributed by atoms with Crippen LogP contribution >= 0.6 is 15.9 Å². The first-order chi connectivity index (χ1) is 10.0. The summed E-state index contributed by atoms with van der Waals surface area (Å²) in [5, 5.41) is 2.63. The third-order valence-corrected chi connectivity index (χ3v) is 3.66. The summed E-state index contributed by atoms with van der Waals surface area (Å²) in [7, 11) is 0. The molecular weight excluding hydrogens is 343 g/mol. The summed E-state index contributed by atoms with van der Waals surface area (Å²) >= 11 is 3.21. The highest BCUT2D eigenvalue weighted by Crippen LogP contribution is 2.38. The first-order valence-corrected chi connectivity index (χ1v) is 6.79. The van der Waals surface area contributed by atoms with Gasteiger partial charge in [0.1, 0.15) is 5.82 Å². The second-order valence-electron chi connectivity index (χ2n) is 4.37. The van der Waals surface area contributed by atoms with E-state index < -0.39 is 11.7 Å². The monoisotopic (exact) mass is 352 g/mol. The lowest BCUT2D eigenvalue weighted by atomic mass is 10.2. The van der Waals surface area contributed by atoms with Gasteiger partial charge in [-0.1, -0.05) is 0 Å². The lowest BCUT2D eigenvalue weighted by Gasteiger charge is -2.10. The molecule has 3 rings (SSSR count). The number of fused-ring (bicyclic) bond motifs is 1. The highest BCUT2D eigenvalue weighted by atomic mass is 79.9. The normalized spacial score (nSPS) is 12.3. The van der Waals surface area contributed by atoms with Gasteiger partial charge in [-0.3, -0.25) is 4.79 Å². The van der Waals surface area contributed by atoms with Crippen LogP contribution in [-0.4, -0.2) is 12.7 Å². The van der Waals surface area contributed by atoms with Crippen molar-refractivity contribution in [2.45, 2.75) is 0 Å². The highest BCUT2D eigenvalue weighted by Gasteiger charge is 2.18. The molecule has 0 unspecified atom stereocenters. The molecule has 0 saturated heterocycles. The first-order valence-electron chi connectivity index (χ1n) is 6.00. The van der Waals surface area contributed by atoms with Gasteiger partial charge in [0.25, 0.3) is 5.91 Å². The van der Waals surface area contributed by atoms with E-state index in [1.807, 2.05) is 0 Å². The van der Waals surface area contributed by atoms with Crippen molar-refractivity contribution in [3.05, 3.63) is 46.2 Å². The molecule has 0 bridgehead atoms. The number of carbonyl (C=O) groups is 1. The minimum Gasteiger partial charge on any atom is -0.454 e. The van der Waals surface area contributed by atoms with Crippen LogP contribution in [0.15, 0.2) is 34.8 Å². The molecule has 0 saturated carbocycles. The molecule has 1 aliphatic rings. The van der Waals surface area contributed by atoms with Gasteiger partial charge in [0, 0.05) is 16.6 Å². The fourth-order valence-corrected chi connectivity index (χ4v) is 2.35. The van der Waals surface area contributed by atoms with Crippen molar-refractivity contribution in [3.8, 4) is 11.5 Å². The van der Waals surface area contributed by atoms with E-state index in [-0.39, 0.29) is 12.4 Å². The maximum atomic E-state index is 13.2. The number of nitrogens with two attached hydrogens (primary N) is 1. The van der Waals surface area contributed by atoms with Gasteiger partial charge in [-0.15, -0.1) is 0 Å². The van der Waals surface area contributed by atoms with Gasteiger partial charge in [-0.2, -0.15) is 0 Å². The molecule has 0 radical (unpaired) electrons. The lowest BCUT2D eigenvalue weighted by Crippen LogP contribution is -2.14. The number of amides is 1. The fraction of sp³-hybridized carbons (Fsp3) is 0.0714. The summed E-state index contributed by atoms with van der Waals surface area (Å²) < 4.78 is 24.1. The molecule has 0 atom stereocenters. The second kappa shape index (κ2) is 5.25. The maximum absolute atomic E-state index is 13.2. The van der Waals surface area contributed by atoms with E-state index in [1.165, 1.54) is 12.1 Å². The molecule has 5 nitrogen and oxygen atoms in total. The van der Waals surface area contributed by atoms with Crippen molar-refractivity contribution in [1.29, 1.82) is 0 Å². The number of nitrogens with one attached hydrogen (secondary N) is 1. The third kappa shape index (κ3) is 2.64. The Morgan fingerprint density at radius 3 is 2.71 bits per heavy atom. The second-order valence-corrected chi connectivity index (χ2v) is 5.23. The van der Waals surface area contributed by atoms with Gasteiger partial charge in [-0.25, -0.2) is 4.39 Å². The van der Waals surface area contributed by atoms with Crippen molar-refractivity contribution >= 4 is 33.2 Å². The number of rotatable bonds is 2. The van der Waals surface area contributed by atoms with Crippen LogP contribution in [0.3, 0.4) is 0 Å². The fourth-order valence-electron chi connectivity index (χ4n) is 1.93. The van der Waals surface area contributed by atoms with Crippen molar-refractivity contribution in [2.75, 3.05) is 17.8 Å². The summed E-state index contributed by atoms with van der Waals surface area (Å²) in [6.45, 7) is 0.113. The molecule has 0 fully saturated rings. The Labute approximate surface area is 128 Å². The number of ether oxygens (including phenoxy) is 2. The van der Waals surface area contributed by atoms with Crippen LogP contribution in [-0.2, 0) is 0 Å². The Kier molecular flexibility index (Phi) is 3.42. The Balaban J connectivity index is 1.90. The van der Waals surface area contributed by atoms with Crippen molar-refractivity contribution < 1.29 is 18.7 Å². The number of carbonyl (C=O) groups excluding carboxylic acids is 1. The van der Waals surface area contributed by atoms with E-state index >= 15 is 0 Å². The minimum atomic E-state index is -0.498. The molecule has 3 N–H and O–H groups in total. The van der Waals surface area contributed by atoms with Gasteiger partial charge in [0.2, 0.25) is 6.79 Å². The Morgan fingerprint density at radius 2 is 1.95 bits per heavy atom. The summed E-state index contributed by atoms with van der Waals surface area (Å²) in [6.07, 6.45) is 0. The van der Waals surface area contributed by atoms with Crippen molar-refractivity contribution in [3.63, 3.8) is 0 Å². The largest absolute Gasteiger partial charge is 0.454 e. The number of halogens is 2. The van der Waals surface area contributed by atoms with Crippen LogP contribution < -0.4 is 20.5 Å². The van der Waals surface area contributed by atoms with Crippen molar-refractivity contribution in [1.82, 2.24) is 0 Å². The van der Waals surface area contributed by atoms with Crippen LogP contribution in [0.4, 0.5) is 15.8 Å². The molecule has 108 valence electrons. The van der Waals surface area contributed by atoms with E-state index in [0.717, 1.165) is 6.07 Å². The van der Waals surface area contributed by atoms with E-state index in [9.17, 15) is 9.18 Å². The van der Waals surface area contributed by atoms with Gasteiger partial charge < -0.3 is 20.5 Å². The molecule has 7 heteroatoms. The maximum Gasteiger partial charge on any atom is 0.256 e. The van der Waals surface area contributed by atoms with Gasteiger partial charge in [-0.05, 0) is 34.1 Å². The smallest absolute Gasteiger partial charge is 0.256 e. The van der Waals surface area contributed by atoms with Gasteiger partial charge in [0.15, 0.2) is 11.5 Å². The number of hydrogen-bond acceptors (Lipinski definition) is 4. The zero-order valence-corrected chi connectivity index (χ0v) is 12.2. The standard InChI is InChI=1S/C14H10BrFN2O3/c15-9-2-1-7(16)3-8(9)14(19)18-11-5-13-12(4-10(11)17)20-6-21-13/h1-5H,6,17H2,(H,18,19). The van der Waals surface area contributed by atoms with E-state index in [2.05, 4.69) is 21.2 Å². The van der Waals surface area contributed by atoms with Gasteiger partial charge >= 0.3 is 0 Å². The molecular formula is C14H10BrFN2O3. The predicted molar refractivity (Wildman–Crippen MR) is 79.0 cm³/mol. The Morgan fingerprint density at radius 1 is 1.24 bits per heavy atom. The van der Waals surface area contributed by atoms with E-state index in [0.29, 0.717) is 27.3 Å². The quantitative estimate of drug-likeness (QED) is 0.814. The Bertz CT molecular complexity index is 736. The third-order valence-electron chi connectivity index (χ3n) is 2.97. The van der Waals surface area contributed by atoms with Crippen LogP contribution in [0.5, 0.6) is 11.5 Å². The van der Waals surface area contributed by atoms with E-state index in [4.69, 9.17) is 15.2 Å². The lowest BCUT2D eigenvalue weighted by molar-refractivity contribution is 0.102. The van der Waals surface area contributed by atoms with E-state index in [1.54, 1.807) is 12.1 Å². The number of benzene rings is 2. The van der Waals surface area contributed by atoms with Crippen LogP contribution in [0.25, 0.3) is 0 Å². The summed E-state index contributed by atoms with van der Waals surface area (Å²) in [6, 6.07) is 7.01. The van der Waals surface area contributed by atoms with Gasteiger partial charge in [0.05, 0.1) is 16.9 Å². The van der Waals surface area contributed by atoms with Crippen LogP contribution in [0.2, 0.25) is 0 Å². The number of anilines is 2. The zero-order chi connectivity index (χ0) is 15.0. The Hall–Kier alpha value is -2.28. The topological polar surface area (TPSA) is 73.6 Å². The predicted octanol–water partition coefficient (Wildman–Crippen LogP) is 3.15. The molecule has 2 aromatic carbocycles. The number of hydrogen-bond donors (Lipinski definition) is 2.